The normalized spacial score (nSPS) is 11.6. The van der Waals surface area contributed by atoms with E-state index in [4.69, 9.17) is 4.98 Å². The van der Waals surface area contributed by atoms with Gasteiger partial charge in [-0.2, -0.15) is 0 Å². The van der Waals surface area contributed by atoms with E-state index in [-0.39, 0.29) is 23.7 Å². The van der Waals surface area contributed by atoms with Gasteiger partial charge in [-0.1, -0.05) is 44.2 Å². The molecule has 3 aromatic rings. The lowest BCUT2D eigenvalue weighted by molar-refractivity contribution is 0.0985. The minimum absolute atomic E-state index is 0. The SMILES string of the molecule is CSc1ccc2nc(N(CCN(C)C)C(=O)c3ccc(C(C)(C)C)cc3)sc2c1.Cl. The number of halogens is 1. The molecular weight excluding hydrogens is 434 g/mol. The van der Waals surface area contributed by atoms with Crippen LogP contribution in [0.3, 0.4) is 0 Å². The molecule has 0 bridgehead atoms. The van der Waals surface area contributed by atoms with E-state index in [0.29, 0.717) is 12.1 Å². The Morgan fingerprint density at radius 2 is 1.73 bits per heavy atom. The first-order chi connectivity index (χ1) is 13.7. The van der Waals surface area contributed by atoms with Crippen LogP contribution in [0.4, 0.5) is 5.13 Å². The quantitative estimate of drug-likeness (QED) is 0.423. The molecule has 4 nitrogen and oxygen atoms in total. The number of fused-ring (bicyclic) bond motifs is 1. The molecule has 162 valence electrons. The third-order valence-electron chi connectivity index (χ3n) is 4.83. The van der Waals surface area contributed by atoms with Crippen LogP contribution in [0, 0.1) is 0 Å². The fraction of sp³-hybridized carbons (Fsp3) is 0.391. The van der Waals surface area contributed by atoms with E-state index < -0.39 is 0 Å². The van der Waals surface area contributed by atoms with Crippen LogP contribution < -0.4 is 4.90 Å². The molecule has 1 aromatic heterocycles. The lowest BCUT2D eigenvalue weighted by Crippen LogP contribution is -2.36. The number of hydrogen-bond acceptors (Lipinski definition) is 5. The van der Waals surface area contributed by atoms with E-state index in [1.807, 2.05) is 37.2 Å². The van der Waals surface area contributed by atoms with Crippen molar-refractivity contribution in [2.75, 3.05) is 38.3 Å². The molecule has 3 rings (SSSR count). The van der Waals surface area contributed by atoms with Crippen molar-refractivity contribution in [1.29, 1.82) is 0 Å². The number of rotatable bonds is 6. The summed E-state index contributed by atoms with van der Waals surface area (Å²) in [7, 11) is 4.04. The van der Waals surface area contributed by atoms with Gasteiger partial charge < -0.3 is 4.90 Å². The van der Waals surface area contributed by atoms with Gasteiger partial charge in [-0.3, -0.25) is 9.69 Å². The van der Waals surface area contributed by atoms with Crippen LogP contribution in [0.1, 0.15) is 36.7 Å². The molecule has 0 fully saturated rings. The smallest absolute Gasteiger partial charge is 0.260 e. The van der Waals surface area contributed by atoms with Crippen molar-refractivity contribution in [3.63, 3.8) is 0 Å². The van der Waals surface area contributed by atoms with Crippen molar-refractivity contribution in [3.05, 3.63) is 53.6 Å². The number of nitrogens with zero attached hydrogens (tertiary/aromatic N) is 3. The highest BCUT2D eigenvalue weighted by molar-refractivity contribution is 7.98. The molecule has 0 unspecified atom stereocenters. The van der Waals surface area contributed by atoms with E-state index in [1.165, 1.54) is 10.5 Å². The summed E-state index contributed by atoms with van der Waals surface area (Å²) in [5.74, 6) is -0.00328. The molecule has 0 spiro atoms. The highest BCUT2D eigenvalue weighted by Gasteiger charge is 2.22. The Labute approximate surface area is 194 Å². The van der Waals surface area contributed by atoms with Crippen LogP contribution in [-0.2, 0) is 5.41 Å². The fourth-order valence-electron chi connectivity index (χ4n) is 2.99. The van der Waals surface area contributed by atoms with Crippen LogP contribution in [0.25, 0.3) is 10.2 Å². The number of aromatic nitrogens is 1. The molecule has 1 amide bonds. The third-order valence-corrected chi connectivity index (χ3v) is 6.60. The van der Waals surface area contributed by atoms with Gasteiger partial charge in [0.15, 0.2) is 5.13 Å². The first-order valence-electron chi connectivity index (χ1n) is 9.71. The summed E-state index contributed by atoms with van der Waals surface area (Å²) in [6.45, 7) is 7.91. The van der Waals surface area contributed by atoms with Gasteiger partial charge in [0.2, 0.25) is 0 Å². The summed E-state index contributed by atoms with van der Waals surface area (Å²) in [5.41, 5.74) is 2.92. The predicted octanol–water partition coefficient (Wildman–Crippen LogP) is 5.95. The molecule has 0 saturated carbocycles. The second-order valence-corrected chi connectivity index (χ2v) is 10.3. The Hall–Kier alpha value is -1.60. The molecule has 7 heteroatoms. The highest BCUT2D eigenvalue weighted by Crippen LogP contribution is 2.32. The number of amides is 1. The van der Waals surface area contributed by atoms with Crippen molar-refractivity contribution in [3.8, 4) is 0 Å². The van der Waals surface area contributed by atoms with Gasteiger partial charge in [0.1, 0.15) is 0 Å². The van der Waals surface area contributed by atoms with Crippen molar-refractivity contribution in [2.24, 2.45) is 0 Å². The molecule has 0 atom stereocenters. The van der Waals surface area contributed by atoms with Crippen LogP contribution in [0.2, 0.25) is 0 Å². The maximum Gasteiger partial charge on any atom is 0.260 e. The number of likely N-dealkylation sites (N-methyl/N-ethyl adjacent to an activating group) is 1. The van der Waals surface area contributed by atoms with Crippen LogP contribution in [0.5, 0.6) is 0 Å². The fourth-order valence-corrected chi connectivity index (χ4v) is 4.53. The summed E-state index contributed by atoms with van der Waals surface area (Å²) in [4.78, 5) is 23.3. The Morgan fingerprint density at radius 3 is 2.30 bits per heavy atom. The van der Waals surface area contributed by atoms with E-state index >= 15 is 0 Å². The van der Waals surface area contributed by atoms with E-state index in [2.05, 4.69) is 56.2 Å². The van der Waals surface area contributed by atoms with Crippen LogP contribution in [0.15, 0.2) is 47.4 Å². The second-order valence-electron chi connectivity index (χ2n) is 8.42. The molecule has 0 saturated heterocycles. The van der Waals surface area contributed by atoms with Gasteiger partial charge in [0.25, 0.3) is 5.91 Å². The van der Waals surface area contributed by atoms with Crippen LogP contribution in [-0.4, -0.2) is 49.2 Å². The van der Waals surface area contributed by atoms with Crippen molar-refractivity contribution >= 4 is 56.8 Å². The highest BCUT2D eigenvalue weighted by atomic mass is 35.5. The van der Waals surface area contributed by atoms with Crippen molar-refractivity contribution in [2.45, 2.75) is 31.1 Å². The van der Waals surface area contributed by atoms with E-state index in [0.717, 1.165) is 21.9 Å². The van der Waals surface area contributed by atoms with Crippen LogP contribution >= 0.6 is 35.5 Å². The Morgan fingerprint density at radius 1 is 1.07 bits per heavy atom. The molecule has 0 aliphatic rings. The minimum atomic E-state index is -0.00328. The summed E-state index contributed by atoms with van der Waals surface area (Å²) >= 11 is 3.29. The summed E-state index contributed by atoms with van der Waals surface area (Å²) in [6.07, 6.45) is 2.07. The molecule has 1 heterocycles. The average molecular weight is 464 g/mol. The number of thiazole rings is 1. The number of benzene rings is 2. The first-order valence-corrected chi connectivity index (χ1v) is 11.7. The Bertz CT molecular complexity index is 994. The Balaban J connectivity index is 0.00000320. The summed E-state index contributed by atoms with van der Waals surface area (Å²) in [6, 6.07) is 14.2. The van der Waals surface area contributed by atoms with Gasteiger partial charge in [-0.05, 0) is 61.7 Å². The number of hydrogen-bond donors (Lipinski definition) is 0. The van der Waals surface area contributed by atoms with Gasteiger partial charge in [0.05, 0.1) is 10.2 Å². The second kappa shape index (κ2) is 10.1. The monoisotopic (exact) mass is 463 g/mol. The van der Waals surface area contributed by atoms with E-state index in [1.54, 1.807) is 23.1 Å². The van der Waals surface area contributed by atoms with Gasteiger partial charge >= 0.3 is 0 Å². The van der Waals surface area contributed by atoms with Crippen molar-refractivity contribution < 1.29 is 4.79 Å². The summed E-state index contributed by atoms with van der Waals surface area (Å²) < 4.78 is 1.11. The van der Waals surface area contributed by atoms with E-state index in [9.17, 15) is 4.79 Å². The zero-order valence-electron chi connectivity index (χ0n) is 18.4. The minimum Gasteiger partial charge on any atom is -0.308 e. The van der Waals surface area contributed by atoms with Gasteiger partial charge in [-0.25, -0.2) is 4.98 Å². The molecule has 0 aliphatic carbocycles. The number of carbonyl (C=O) groups excluding carboxylic acids is 1. The predicted molar refractivity (Wildman–Crippen MR) is 134 cm³/mol. The maximum absolute atomic E-state index is 13.4. The maximum atomic E-state index is 13.4. The summed E-state index contributed by atoms with van der Waals surface area (Å²) in [5, 5.41) is 0.755. The molecule has 0 radical (unpaired) electrons. The van der Waals surface area contributed by atoms with Gasteiger partial charge in [0, 0.05) is 23.5 Å². The first kappa shape index (κ1) is 24.7. The molecule has 0 N–H and O–H groups in total. The molecule has 2 aromatic carbocycles. The molecule has 0 aliphatic heterocycles. The number of anilines is 1. The largest absolute Gasteiger partial charge is 0.308 e. The molecular formula is C23H30ClN3OS2. The molecule has 30 heavy (non-hydrogen) atoms. The zero-order chi connectivity index (χ0) is 21.2. The Kier molecular flexibility index (Phi) is 8.34. The van der Waals surface area contributed by atoms with Crippen molar-refractivity contribution in [1.82, 2.24) is 9.88 Å². The topological polar surface area (TPSA) is 36.4 Å². The standard InChI is InChI=1S/C23H29N3OS2.ClH/c1-23(2,3)17-9-7-16(8-10-17)21(27)26(14-13-25(4)5)22-24-19-12-11-18(28-6)15-20(19)29-22;/h7-12,15H,13-14H2,1-6H3;1H. The lowest BCUT2D eigenvalue weighted by atomic mass is 9.86. The lowest BCUT2D eigenvalue weighted by Gasteiger charge is -2.23. The average Bonchev–Trinajstić information content (AvgIpc) is 3.09. The number of carbonyl (C=O) groups is 1. The number of thioether (sulfide) groups is 1. The van der Waals surface area contributed by atoms with Gasteiger partial charge in [-0.15, -0.1) is 24.2 Å². The third kappa shape index (κ3) is 5.76. The zero-order valence-corrected chi connectivity index (χ0v) is 20.9.